The van der Waals surface area contributed by atoms with Gasteiger partial charge in [0.25, 0.3) is 5.69 Å². The lowest BCUT2D eigenvalue weighted by molar-refractivity contribution is -0.388. The molecule has 0 aliphatic carbocycles. The molecule has 0 bridgehead atoms. The number of rotatable bonds is 5. The molecule has 0 aliphatic heterocycles. The molecule has 0 amide bonds. The van der Waals surface area contributed by atoms with Crippen molar-refractivity contribution in [2.75, 3.05) is 0 Å². The summed E-state index contributed by atoms with van der Waals surface area (Å²) in [6, 6.07) is 10.7. The van der Waals surface area contributed by atoms with E-state index < -0.39 is 25.6 Å². The van der Waals surface area contributed by atoms with Gasteiger partial charge in [-0.2, -0.15) is 8.42 Å². The molecule has 0 aromatic heterocycles. The van der Waals surface area contributed by atoms with Gasteiger partial charge in [-0.15, -0.1) is 0 Å². The van der Waals surface area contributed by atoms with Crippen molar-refractivity contribution in [2.24, 2.45) is 0 Å². The number of benzene rings is 2. The first kappa shape index (κ1) is 17.0. The summed E-state index contributed by atoms with van der Waals surface area (Å²) >= 11 is 0. The van der Waals surface area contributed by atoms with Gasteiger partial charge in [0.1, 0.15) is 5.75 Å². The molecule has 2 rings (SSSR count). The van der Waals surface area contributed by atoms with Crippen LogP contribution >= 0.6 is 0 Å². The fraction of sp³-hybridized carbons (Fsp3) is 0.250. The predicted molar refractivity (Wildman–Crippen MR) is 86.2 cm³/mol. The first-order chi connectivity index (χ1) is 10.7. The molecule has 0 radical (unpaired) electrons. The van der Waals surface area contributed by atoms with Crippen LogP contribution in [0.3, 0.4) is 0 Å². The van der Waals surface area contributed by atoms with E-state index in [-0.39, 0.29) is 11.3 Å². The lowest BCUT2D eigenvalue weighted by Gasteiger charge is -2.11. The van der Waals surface area contributed by atoms with Crippen LogP contribution in [0.1, 0.15) is 30.9 Å². The number of hydrogen-bond donors (Lipinski definition) is 0. The Labute approximate surface area is 135 Å². The van der Waals surface area contributed by atoms with E-state index in [9.17, 15) is 18.5 Å². The van der Waals surface area contributed by atoms with Crippen molar-refractivity contribution in [1.29, 1.82) is 0 Å². The zero-order chi connectivity index (χ0) is 17.2. The number of nitro groups is 1. The second kappa shape index (κ2) is 6.37. The van der Waals surface area contributed by atoms with Gasteiger partial charge >= 0.3 is 10.1 Å². The Hall–Kier alpha value is -2.41. The molecular formula is C16H17NO5S. The number of aryl methyl sites for hydroxylation is 1. The van der Waals surface area contributed by atoms with Crippen LogP contribution in [0.4, 0.5) is 5.69 Å². The van der Waals surface area contributed by atoms with Gasteiger partial charge in [-0.1, -0.05) is 38.1 Å². The monoisotopic (exact) mass is 335 g/mol. The number of hydrogen-bond acceptors (Lipinski definition) is 5. The summed E-state index contributed by atoms with van der Waals surface area (Å²) in [6.07, 6.45) is 0. The molecule has 0 heterocycles. The predicted octanol–water partition coefficient (Wildman–Crippen LogP) is 3.79. The van der Waals surface area contributed by atoms with Crippen LogP contribution in [0.5, 0.6) is 5.75 Å². The Kier molecular flexibility index (Phi) is 4.70. The van der Waals surface area contributed by atoms with Crippen LogP contribution in [0, 0.1) is 17.0 Å². The number of nitrogens with zero attached hydrogens (tertiary/aromatic N) is 1. The van der Waals surface area contributed by atoms with Gasteiger partial charge in [-0.05, 0) is 36.1 Å². The maximum absolute atomic E-state index is 12.4. The van der Waals surface area contributed by atoms with Crippen molar-refractivity contribution in [2.45, 2.75) is 31.6 Å². The summed E-state index contributed by atoms with van der Waals surface area (Å²) < 4.78 is 29.9. The minimum Gasteiger partial charge on any atom is -0.379 e. The third kappa shape index (κ3) is 3.68. The third-order valence-corrected chi connectivity index (χ3v) is 4.83. The highest BCUT2D eigenvalue weighted by Gasteiger charge is 2.29. The van der Waals surface area contributed by atoms with E-state index in [1.165, 1.54) is 31.2 Å². The summed E-state index contributed by atoms with van der Waals surface area (Å²) in [4.78, 5) is 9.93. The van der Waals surface area contributed by atoms with Crippen LogP contribution in [-0.2, 0) is 10.1 Å². The molecular weight excluding hydrogens is 318 g/mol. The quantitative estimate of drug-likeness (QED) is 0.471. The van der Waals surface area contributed by atoms with Gasteiger partial charge < -0.3 is 4.18 Å². The van der Waals surface area contributed by atoms with Crippen molar-refractivity contribution < 1.29 is 17.5 Å². The van der Waals surface area contributed by atoms with Crippen LogP contribution < -0.4 is 4.18 Å². The molecule has 122 valence electrons. The Bertz CT molecular complexity index is 826. The molecule has 0 unspecified atom stereocenters. The van der Waals surface area contributed by atoms with Crippen LogP contribution in [0.15, 0.2) is 47.4 Å². The van der Waals surface area contributed by atoms with Crippen LogP contribution in [0.25, 0.3) is 0 Å². The van der Waals surface area contributed by atoms with E-state index >= 15 is 0 Å². The van der Waals surface area contributed by atoms with E-state index in [0.717, 1.165) is 11.6 Å². The maximum Gasteiger partial charge on any atom is 0.346 e. The average molecular weight is 335 g/mol. The number of nitro benzene ring substituents is 1. The first-order valence-electron chi connectivity index (χ1n) is 7.01. The fourth-order valence-electron chi connectivity index (χ4n) is 2.18. The highest BCUT2D eigenvalue weighted by atomic mass is 32.2. The van der Waals surface area contributed by atoms with Crippen LogP contribution in [0.2, 0.25) is 0 Å². The summed E-state index contributed by atoms with van der Waals surface area (Å²) in [5.74, 6) is 0.421. The molecule has 0 fully saturated rings. The zero-order valence-electron chi connectivity index (χ0n) is 13.0. The molecule has 0 N–H and O–H groups in total. The van der Waals surface area contributed by atoms with Gasteiger partial charge in [0.2, 0.25) is 0 Å². The molecule has 7 heteroatoms. The van der Waals surface area contributed by atoms with Crippen LogP contribution in [-0.4, -0.2) is 13.3 Å². The third-order valence-electron chi connectivity index (χ3n) is 3.39. The van der Waals surface area contributed by atoms with Gasteiger partial charge in [-0.25, -0.2) is 0 Å². The molecule has 2 aromatic carbocycles. The second-order valence-electron chi connectivity index (χ2n) is 5.44. The van der Waals surface area contributed by atoms with Crippen molar-refractivity contribution >= 4 is 15.8 Å². The zero-order valence-corrected chi connectivity index (χ0v) is 13.8. The largest absolute Gasteiger partial charge is 0.379 e. The Morgan fingerprint density at radius 3 is 2.22 bits per heavy atom. The summed E-state index contributed by atoms with van der Waals surface area (Å²) in [7, 11) is -4.29. The van der Waals surface area contributed by atoms with Gasteiger partial charge in [0, 0.05) is 6.07 Å². The average Bonchev–Trinajstić information content (AvgIpc) is 2.46. The fourth-order valence-corrected chi connectivity index (χ4v) is 3.49. The minimum atomic E-state index is -4.29. The standard InChI is InChI=1S/C16H17NO5S/c1-11(2)13-7-9-14(10-8-13)22-23(20,21)16-12(3)5-4-6-15(16)17(18)19/h4-11H,1-3H3. The normalized spacial score (nSPS) is 11.5. The lowest BCUT2D eigenvalue weighted by atomic mass is 10.0. The van der Waals surface area contributed by atoms with Gasteiger partial charge in [-0.3, -0.25) is 10.1 Å². The molecule has 0 saturated heterocycles. The Morgan fingerprint density at radius 2 is 1.70 bits per heavy atom. The maximum atomic E-state index is 12.4. The Morgan fingerprint density at radius 1 is 1.09 bits per heavy atom. The van der Waals surface area contributed by atoms with Crippen molar-refractivity contribution in [1.82, 2.24) is 0 Å². The highest BCUT2D eigenvalue weighted by molar-refractivity contribution is 7.87. The van der Waals surface area contributed by atoms with E-state index in [1.807, 2.05) is 13.8 Å². The molecule has 0 spiro atoms. The van der Waals surface area contributed by atoms with Gasteiger partial charge in [0.15, 0.2) is 4.90 Å². The van der Waals surface area contributed by atoms with E-state index in [1.54, 1.807) is 12.1 Å². The van der Waals surface area contributed by atoms with Gasteiger partial charge in [0.05, 0.1) is 4.92 Å². The summed E-state index contributed by atoms with van der Waals surface area (Å²) in [5.41, 5.74) is 0.804. The SMILES string of the molecule is Cc1cccc([N+](=O)[O-])c1S(=O)(=O)Oc1ccc(C(C)C)cc1. The molecule has 0 atom stereocenters. The smallest absolute Gasteiger partial charge is 0.346 e. The topological polar surface area (TPSA) is 86.5 Å². The van der Waals surface area contributed by atoms with E-state index in [0.29, 0.717) is 5.92 Å². The Balaban J connectivity index is 2.42. The van der Waals surface area contributed by atoms with Crippen molar-refractivity contribution in [3.8, 4) is 5.75 Å². The first-order valence-corrected chi connectivity index (χ1v) is 8.41. The molecule has 0 aliphatic rings. The lowest BCUT2D eigenvalue weighted by Crippen LogP contribution is -2.13. The van der Waals surface area contributed by atoms with Crippen molar-refractivity contribution in [3.63, 3.8) is 0 Å². The minimum absolute atomic E-state index is 0.118. The van der Waals surface area contributed by atoms with Crippen molar-refractivity contribution in [3.05, 3.63) is 63.7 Å². The molecule has 0 saturated carbocycles. The molecule has 6 nitrogen and oxygen atoms in total. The highest BCUT2D eigenvalue weighted by Crippen LogP contribution is 2.30. The van der Waals surface area contributed by atoms with E-state index in [4.69, 9.17) is 4.18 Å². The molecule has 23 heavy (non-hydrogen) atoms. The van der Waals surface area contributed by atoms with E-state index in [2.05, 4.69) is 0 Å². The summed E-state index contributed by atoms with van der Waals surface area (Å²) in [6.45, 7) is 5.53. The second-order valence-corrected chi connectivity index (χ2v) is 6.92. The summed E-state index contributed by atoms with van der Waals surface area (Å²) in [5, 5.41) is 11.1. The molecule has 2 aromatic rings.